The van der Waals surface area contributed by atoms with E-state index in [9.17, 15) is 4.79 Å². The molecule has 4 heteroatoms. The Morgan fingerprint density at radius 1 is 1.21 bits per heavy atom. The molecule has 0 amide bonds. The van der Waals surface area contributed by atoms with Crippen LogP contribution in [0.3, 0.4) is 0 Å². The van der Waals surface area contributed by atoms with Crippen molar-refractivity contribution in [1.82, 2.24) is 10.3 Å². The van der Waals surface area contributed by atoms with Crippen molar-refractivity contribution in [2.75, 3.05) is 0 Å². The molecular formula is C20H19ClN2O. The molecule has 2 aromatic carbocycles. The van der Waals surface area contributed by atoms with Gasteiger partial charge in [-0.15, -0.1) is 0 Å². The van der Waals surface area contributed by atoms with Crippen molar-refractivity contribution in [3.63, 3.8) is 0 Å². The van der Waals surface area contributed by atoms with Crippen LogP contribution in [0.15, 0.2) is 42.5 Å². The second-order valence-electron chi connectivity index (χ2n) is 6.39. The maximum Gasteiger partial charge on any atom is 0.150 e. The molecule has 0 spiro atoms. The molecule has 0 saturated heterocycles. The van der Waals surface area contributed by atoms with Crippen LogP contribution in [0.1, 0.15) is 46.1 Å². The van der Waals surface area contributed by atoms with Gasteiger partial charge in [0.25, 0.3) is 0 Å². The normalized spacial score (nSPS) is 17.0. The van der Waals surface area contributed by atoms with E-state index in [1.54, 1.807) is 0 Å². The topological polar surface area (TPSA) is 44.9 Å². The highest BCUT2D eigenvalue weighted by Crippen LogP contribution is 2.35. The summed E-state index contributed by atoms with van der Waals surface area (Å²) >= 11 is 5.95. The lowest BCUT2D eigenvalue weighted by Gasteiger charge is -2.24. The summed E-state index contributed by atoms with van der Waals surface area (Å²) < 4.78 is 0. The molecule has 1 atom stereocenters. The van der Waals surface area contributed by atoms with Gasteiger partial charge in [-0.2, -0.15) is 0 Å². The first-order valence-electron chi connectivity index (χ1n) is 8.32. The van der Waals surface area contributed by atoms with Crippen molar-refractivity contribution in [3.8, 4) is 0 Å². The number of nitrogens with one attached hydrogen (secondary N) is 2. The third kappa shape index (κ3) is 2.85. The Kier molecular flexibility index (Phi) is 4.13. The third-order valence-electron chi connectivity index (χ3n) is 4.83. The van der Waals surface area contributed by atoms with Crippen molar-refractivity contribution < 1.29 is 4.79 Å². The van der Waals surface area contributed by atoms with E-state index in [1.165, 1.54) is 22.2 Å². The van der Waals surface area contributed by atoms with Gasteiger partial charge in [-0.25, -0.2) is 0 Å². The Morgan fingerprint density at radius 3 is 2.83 bits per heavy atom. The Morgan fingerprint density at radius 2 is 2.04 bits per heavy atom. The van der Waals surface area contributed by atoms with Crippen molar-refractivity contribution in [3.05, 3.63) is 69.9 Å². The minimum Gasteiger partial charge on any atom is -0.357 e. The highest BCUT2D eigenvalue weighted by molar-refractivity contribution is 6.30. The number of halogens is 1. The minimum atomic E-state index is 0.316. The molecule has 1 unspecified atom stereocenters. The van der Waals surface area contributed by atoms with Crippen molar-refractivity contribution >= 4 is 28.8 Å². The molecule has 0 radical (unpaired) electrons. The molecule has 24 heavy (non-hydrogen) atoms. The van der Waals surface area contributed by atoms with E-state index in [2.05, 4.69) is 22.4 Å². The number of aryl methyl sites for hydroxylation is 1. The highest BCUT2D eigenvalue weighted by atomic mass is 35.5. The summed E-state index contributed by atoms with van der Waals surface area (Å²) in [6, 6.07) is 14.2. The second kappa shape index (κ2) is 6.42. The number of aromatic nitrogens is 1. The summed E-state index contributed by atoms with van der Waals surface area (Å²) in [5, 5.41) is 5.61. The third-order valence-corrected chi connectivity index (χ3v) is 5.09. The Bertz CT molecular complexity index is 883. The lowest BCUT2D eigenvalue weighted by molar-refractivity contribution is 0.112. The molecule has 122 valence electrons. The molecular weight excluding hydrogens is 320 g/mol. The lowest BCUT2D eigenvalue weighted by atomic mass is 9.91. The van der Waals surface area contributed by atoms with E-state index in [4.69, 9.17) is 11.6 Å². The van der Waals surface area contributed by atoms with Gasteiger partial charge in [0, 0.05) is 39.8 Å². The van der Waals surface area contributed by atoms with Crippen LogP contribution in [0.5, 0.6) is 0 Å². The number of aromatic amines is 1. The van der Waals surface area contributed by atoms with Gasteiger partial charge < -0.3 is 10.3 Å². The number of H-pyrrole nitrogens is 1. The van der Waals surface area contributed by atoms with Crippen LogP contribution in [0.25, 0.3) is 10.9 Å². The van der Waals surface area contributed by atoms with E-state index in [-0.39, 0.29) is 0 Å². The van der Waals surface area contributed by atoms with Crippen LogP contribution in [0.2, 0.25) is 5.02 Å². The highest BCUT2D eigenvalue weighted by Gasteiger charge is 2.23. The van der Waals surface area contributed by atoms with Crippen LogP contribution >= 0.6 is 11.6 Å². The predicted molar refractivity (Wildman–Crippen MR) is 97.7 cm³/mol. The van der Waals surface area contributed by atoms with Crippen LogP contribution in [-0.2, 0) is 13.0 Å². The number of carbonyl (C=O) groups is 1. The van der Waals surface area contributed by atoms with Gasteiger partial charge in [0.15, 0.2) is 0 Å². The van der Waals surface area contributed by atoms with Crippen molar-refractivity contribution in [2.45, 2.75) is 31.8 Å². The molecule has 3 nitrogen and oxygen atoms in total. The van der Waals surface area contributed by atoms with E-state index in [0.717, 1.165) is 48.2 Å². The molecule has 3 aromatic rings. The molecule has 2 N–H and O–H groups in total. The fourth-order valence-corrected chi connectivity index (χ4v) is 3.73. The van der Waals surface area contributed by atoms with Gasteiger partial charge in [0.05, 0.1) is 0 Å². The fourth-order valence-electron chi connectivity index (χ4n) is 3.60. The summed E-state index contributed by atoms with van der Waals surface area (Å²) in [4.78, 5) is 14.6. The van der Waals surface area contributed by atoms with E-state index >= 15 is 0 Å². The number of carbonyl (C=O) groups excluding carboxylic acids is 1. The van der Waals surface area contributed by atoms with Gasteiger partial charge >= 0.3 is 0 Å². The molecule has 0 saturated carbocycles. The Balaban J connectivity index is 1.61. The van der Waals surface area contributed by atoms with Gasteiger partial charge in [-0.05, 0) is 60.7 Å². The predicted octanol–water partition coefficient (Wildman–Crippen LogP) is 4.80. The SMILES string of the molecule is O=Cc1ccc2[nH]c3c(c2c1)CCCC3NCc1ccc(Cl)cc1. The first kappa shape index (κ1) is 15.4. The number of fused-ring (bicyclic) bond motifs is 3. The van der Waals surface area contributed by atoms with E-state index in [0.29, 0.717) is 6.04 Å². The molecule has 0 aliphatic heterocycles. The first-order chi connectivity index (χ1) is 11.7. The average molecular weight is 339 g/mol. The number of aldehydes is 1. The smallest absolute Gasteiger partial charge is 0.150 e. The maximum absolute atomic E-state index is 11.1. The van der Waals surface area contributed by atoms with E-state index < -0.39 is 0 Å². The van der Waals surface area contributed by atoms with E-state index in [1.807, 2.05) is 30.3 Å². The van der Waals surface area contributed by atoms with Crippen LogP contribution in [0, 0.1) is 0 Å². The molecule has 1 aliphatic carbocycles. The van der Waals surface area contributed by atoms with Crippen LogP contribution < -0.4 is 5.32 Å². The fraction of sp³-hybridized carbons (Fsp3) is 0.250. The van der Waals surface area contributed by atoms with Crippen LogP contribution in [0.4, 0.5) is 0 Å². The summed E-state index contributed by atoms with van der Waals surface area (Å²) in [5.74, 6) is 0. The zero-order chi connectivity index (χ0) is 16.5. The number of rotatable bonds is 4. The molecule has 1 heterocycles. The molecule has 1 aliphatic rings. The Hall–Kier alpha value is -2.10. The van der Waals surface area contributed by atoms with Crippen molar-refractivity contribution in [2.24, 2.45) is 0 Å². The molecule has 1 aromatic heterocycles. The number of hydrogen-bond acceptors (Lipinski definition) is 2. The zero-order valence-corrected chi connectivity index (χ0v) is 14.1. The maximum atomic E-state index is 11.1. The number of benzene rings is 2. The largest absolute Gasteiger partial charge is 0.357 e. The minimum absolute atomic E-state index is 0.316. The Labute approximate surface area is 146 Å². The van der Waals surface area contributed by atoms with Gasteiger partial charge in [-0.3, -0.25) is 4.79 Å². The van der Waals surface area contributed by atoms with Crippen LogP contribution in [-0.4, -0.2) is 11.3 Å². The van der Waals surface area contributed by atoms with Gasteiger partial charge in [0.2, 0.25) is 0 Å². The summed E-state index contributed by atoms with van der Waals surface area (Å²) in [7, 11) is 0. The zero-order valence-electron chi connectivity index (χ0n) is 13.3. The standard InChI is InChI=1S/C20H19ClN2O/c21-15-7-4-13(5-8-15)11-22-19-3-1-2-16-17-10-14(12-24)6-9-18(17)23-20(16)19/h4-10,12,19,22-23H,1-3,11H2. The summed E-state index contributed by atoms with van der Waals surface area (Å²) in [6.45, 7) is 0.816. The summed E-state index contributed by atoms with van der Waals surface area (Å²) in [6.07, 6.45) is 4.26. The average Bonchev–Trinajstić information content (AvgIpc) is 2.99. The molecule has 4 rings (SSSR count). The van der Waals surface area contributed by atoms with Gasteiger partial charge in [0.1, 0.15) is 6.29 Å². The lowest BCUT2D eigenvalue weighted by Crippen LogP contribution is -2.24. The monoisotopic (exact) mass is 338 g/mol. The second-order valence-corrected chi connectivity index (χ2v) is 6.83. The van der Waals surface area contributed by atoms with Crippen molar-refractivity contribution in [1.29, 1.82) is 0 Å². The first-order valence-corrected chi connectivity index (χ1v) is 8.70. The summed E-state index contributed by atoms with van der Waals surface area (Å²) in [5.41, 5.74) is 5.71. The molecule has 0 fully saturated rings. The quantitative estimate of drug-likeness (QED) is 0.671. The van der Waals surface area contributed by atoms with Gasteiger partial charge in [-0.1, -0.05) is 23.7 Å². The number of hydrogen-bond donors (Lipinski definition) is 2. The molecule has 0 bridgehead atoms.